The summed E-state index contributed by atoms with van der Waals surface area (Å²) in [7, 11) is 0. The third kappa shape index (κ3) is 3.73. The van der Waals surface area contributed by atoms with Crippen LogP contribution in [0, 0.1) is 11.3 Å². The molecule has 2 aliphatic rings. The molecule has 0 radical (unpaired) electrons. The van der Waals surface area contributed by atoms with Crippen molar-refractivity contribution in [1.82, 2.24) is 5.32 Å². The molecule has 0 spiro atoms. The molecule has 2 rings (SSSR count). The van der Waals surface area contributed by atoms with Crippen LogP contribution in [0.4, 0.5) is 0 Å². The summed E-state index contributed by atoms with van der Waals surface area (Å²) < 4.78 is 0. The van der Waals surface area contributed by atoms with Crippen molar-refractivity contribution >= 4 is 0 Å². The fourth-order valence-electron chi connectivity index (χ4n) is 3.91. The summed E-state index contributed by atoms with van der Waals surface area (Å²) >= 11 is 0. The molecule has 0 amide bonds. The summed E-state index contributed by atoms with van der Waals surface area (Å²) in [5.74, 6) is 1.01. The van der Waals surface area contributed by atoms with Gasteiger partial charge in [0, 0.05) is 12.6 Å². The zero-order valence-corrected chi connectivity index (χ0v) is 12.6. The van der Waals surface area contributed by atoms with Gasteiger partial charge in [-0.2, -0.15) is 0 Å². The third-order valence-electron chi connectivity index (χ3n) is 5.52. The molecule has 0 aromatic heterocycles. The lowest BCUT2D eigenvalue weighted by atomic mass is 9.64. The molecule has 1 unspecified atom stereocenters. The van der Waals surface area contributed by atoms with Crippen molar-refractivity contribution in [1.29, 1.82) is 0 Å². The van der Waals surface area contributed by atoms with Gasteiger partial charge in [0.25, 0.3) is 0 Å². The maximum atomic E-state index is 3.85. The minimum Gasteiger partial charge on any atom is -0.313 e. The maximum absolute atomic E-state index is 3.85. The summed E-state index contributed by atoms with van der Waals surface area (Å²) in [5, 5.41) is 3.85. The minimum atomic E-state index is 0.624. The lowest BCUT2D eigenvalue weighted by molar-refractivity contribution is 0.0924. The second kappa shape index (κ2) is 6.93. The molecule has 0 bridgehead atoms. The molecule has 0 aromatic carbocycles. The molecule has 2 aliphatic carbocycles. The van der Waals surface area contributed by atoms with E-state index < -0.39 is 0 Å². The summed E-state index contributed by atoms with van der Waals surface area (Å²) in [5.41, 5.74) is 0.624. The highest BCUT2D eigenvalue weighted by Gasteiger charge is 2.38. The second-order valence-electron chi connectivity index (χ2n) is 6.81. The molecule has 0 heterocycles. The molecule has 0 aliphatic heterocycles. The highest BCUT2D eigenvalue weighted by atomic mass is 15.0. The van der Waals surface area contributed by atoms with E-state index in [-0.39, 0.29) is 0 Å². The van der Waals surface area contributed by atoms with Gasteiger partial charge in [0.15, 0.2) is 0 Å². The van der Waals surface area contributed by atoms with Crippen molar-refractivity contribution in [3.63, 3.8) is 0 Å². The van der Waals surface area contributed by atoms with Gasteiger partial charge in [-0.25, -0.2) is 0 Å². The van der Waals surface area contributed by atoms with E-state index in [0.717, 1.165) is 12.0 Å². The number of nitrogens with one attached hydrogen (secondary N) is 1. The molecule has 0 saturated heterocycles. The van der Waals surface area contributed by atoms with E-state index >= 15 is 0 Å². The molecule has 0 aromatic rings. The Morgan fingerprint density at radius 1 is 1.00 bits per heavy atom. The maximum Gasteiger partial charge on any atom is 0.00684 e. The fraction of sp³-hybridized carbons (Fsp3) is 1.00. The van der Waals surface area contributed by atoms with E-state index in [4.69, 9.17) is 0 Å². The van der Waals surface area contributed by atoms with Crippen LogP contribution in [0.3, 0.4) is 0 Å². The summed E-state index contributed by atoms with van der Waals surface area (Å²) in [4.78, 5) is 0. The standard InChI is InChI=1S/C17H33N/c1-3-5-13-17(4-2,14-18-16-11-12-16)15-9-7-6-8-10-15/h15-16,18H,3-14H2,1-2H3. The third-order valence-corrected chi connectivity index (χ3v) is 5.52. The predicted molar refractivity (Wildman–Crippen MR) is 79.8 cm³/mol. The smallest absolute Gasteiger partial charge is 0.00684 e. The van der Waals surface area contributed by atoms with Gasteiger partial charge in [-0.15, -0.1) is 0 Å². The summed E-state index contributed by atoms with van der Waals surface area (Å²) in [6, 6.07) is 0.876. The zero-order valence-electron chi connectivity index (χ0n) is 12.6. The van der Waals surface area contributed by atoms with Crippen molar-refractivity contribution < 1.29 is 0 Å². The van der Waals surface area contributed by atoms with Crippen LogP contribution in [0.15, 0.2) is 0 Å². The topological polar surface area (TPSA) is 12.0 Å². The van der Waals surface area contributed by atoms with Crippen LogP contribution in [0.2, 0.25) is 0 Å². The number of rotatable bonds is 8. The Balaban J connectivity index is 1.95. The first-order valence-corrected chi connectivity index (χ1v) is 8.54. The van der Waals surface area contributed by atoms with Crippen LogP contribution in [0.1, 0.15) is 84.5 Å². The molecule has 1 N–H and O–H groups in total. The van der Waals surface area contributed by atoms with Gasteiger partial charge in [-0.05, 0) is 49.9 Å². The molecular formula is C17H33N. The molecular weight excluding hydrogens is 218 g/mol. The zero-order chi connectivity index (χ0) is 12.8. The average molecular weight is 251 g/mol. The average Bonchev–Trinajstić information content (AvgIpc) is 3.25. The largest absolute Gasteiger partial charge is 0.313 e. The highest BCUT2D eigenvalue weighted by Crippen LogP contribution is 2.44. The Hall–Kier alpha value is -0.0400. The van der Waals surface area contributed by atoms with E-state index in [1.165, 1.54) is 77.2 Å². The molecule has 1 heteroatoms. The highest BCUT2D eigenvalue weighted by molar-refractivity contribution is 4.92. The number of hydrogen-bond acceptors (Lipinski definition) is 1. The molecule has 1 nitrogen and oxygen atoms in total. The Bertz CT molecular complexity index is 228. The van der Waals surface area contributed by atoms with Gasteiger partial charge >= 0.3 is 0 Å². The van der Waals surface area contributed by atoms with Crippen molar-refractivity contribution in [3.05, 3.63) is 0 Å². The van der Waals surface area contributed by atoms with Crippen molar-refractivity contribution in [2.24, 2.45) is 11.3 Å². The van der Waals surface area contributed by atoms with Gasteiger partial charge in [0.05, 0.1) is 0 Å². The first-order chi connectivity index (χ1) is 8.80. The van der Waals surface area contributed by atoms with Crippen molar-refractivity contribution in [3.8, 4) is 0 Å². The van der Waals surface area contributed by atoms with Gasteiger partial charge in [-0.1, -0.05) is 46.0 Å². The Morgan fingerprint density at radius 2 is 1.72 bits per heavy atom. The van der Waals surface area contributed by atoms with E-state index in [1.54, 1.807) is 0 Å². The SMILES string of the molecule is CCCCC(CC)(CNC1CC1)C1CCCCC1. The number of hydrogen-bond donors (Lipinski definition) is 1. The van der Waals surface area contributed by atoms with Crippen LogP contribution in [0.5, 0.6) is 0 Å². The minimum absolute atomic E-state index is 0.624. The second-order valence-corrected chi connectivity index (χ2v) is 6.81. The van der Waals surface area contributed by atoms with E-state index in [2.05, 4.69) is 19.2 Å². The Morgan fingerprint density at radius 3 is 2.28 bits per heavy atom. The quantitative estimate of drug-likeness (QED) is 0.646. The normalized spacial score (nSPS) is 25.0. The lowest BCUT2D eigenvalue weighted by Crippen LogP contribution is -2.41. The van der Waals surface area contributed by atoms with E-state index in [1.807, 2.05) is 0 Å². The van der Waals surface area contributed by atoms with Crippen molar-refractivity contribution in [2.75, 3.05) is 6.54 Å². The van der Waals surface area contributed by atoms with E-state index in [0.29, 0.717) is 5.41 Å². The van der Waals surface area contributed by atoms with Gasteiger partial charge in [-0.3, -0.25) is 0 Å². The molecule has 2 saturated carbocycles. The first-order valence-electron chi connectivity index (χ1n) is 8.54. The fourth-order valence-corrected chi connectivity index (χ4v) is 3.91. The monoisotopic (exact) mass is 251 g/mol. The van der Waals surface area contributed by atoms with Crippen LogP contribution in [-0.2, 0) is 0 Å². The molecule has 18 heavy (non-hydrogen) atoms. The van der Waals surface area contributed by atoms with Gasteiger partial charge in [0.1, 0.15) is 0 Å². The van der Waals surface area contributed by atoms with Crippen molar-refractivity contribution in [2.45, 2.75) is 90.5 Å². The van der Waals surface area contributed by atoms with Gasteiger partial charge < -0.3 is 5.32 Å². The summed E-state index contributed by atoms with van der Waals surface area (Å²) in [6.45, 7) is 6.09. The molecule has 1 atom stereocenters. The Labute approximate surface area is 114 Å². The lowest BCUT2D eigenvalue weighted by Gasteiger charge is -2.43. The first kappa shape index (κ1) is 14.4. The summed E-state index contributed by atoms with van der Waals surface area (Å²) in [6.07, 6.45) is 16.0. The Kier molecular flexibility index (Phi) is 5.54. The van der Waals surface area contributed by atoms with Gasteiger partial charge in [0.2, 0.25) is 0 Å². The predicted octanol–water partition coefficient (Wildman–Crippen LogP) is 4.91. The van der Waals surface area contributed by atoms with E-state index in [9.17, 15) is 0 Å². The molecule has 106 valence electrons. The van der Waals surface area contributed by atoms with Crippen LogP contribution in [0.25, 0.3) is 0 Å². The number of unbranched alkanes of at least 4 members (excludes halogenated alkanes) is 1. The molecule has 2 fully saturated rings. The van der Waals surface area contributed by atoms with Crippen LogP contribution < -0.4 is 5.32 Å². The van der Waals surface area contributed by atoms with Crippen LogP contribution in [-0.4, -0.2) is 12.6 Å². The van der Waals surface area contributed by atoms with Crippen LogP contribution >= 0.6 is 0 Å².